The van der Waals surface area contributed by atoms with E-state index >= 15 is 0 Å². The predicted octanol–water partition coefficient (Wildman–Crippen LogP) is 3.41. The number of hydrogen-bond acceptors (Lipinski definition) is 4. The Morgan fingerprint density at radius 3 is 2.29 bits per heavy atom. The lowest BCUT2D eigenvalue weighted by atomic mass is 9.83. The van der Waals surface area contributed by atoms with Gasteiger partial charge in [0, 0.05) is 5.69 Å². The van der Waals surface area contributed by atoms with E-state index in [1.807, 2.05) is 74.2 Å². The summed E-state index contributed by atoms with van der Waals surface area (Å²) in [6.07, 6.45) is 0. The van der Waals surface area contributed by atoms with E-state index in [4.69, 9.17) is 11.6 Å². The minimum Gasteiger partial charge on any atom is -0.549 e. The van der Waals surface area contributed by atoms with Gasteiger partial charge in [-0.25, -0.2) is 0 Å². The van der Waals surface area contributed by atoms with Crippen LogP contribution in [0.25, 0.3) is 0 Å². The summed E-state index contributed by atoms with van der Waals surface area (Å²) < 4.78 is 0. The van der Waals surface area contributed by atoms with E-state index in [0.717, 1.165) is 22.4 Å². The first-order valence-corrected chi connectivity index (χ1v) is 9.16. The van der Waals surface area contributed by atoms with Crippen molar-refractivity contribution in [2.24, 2.45) is 0 Å². The van der Waals surface area contributed by atoms with Crippen LogP contribution in [-0.2, 0) is 10.3 Å². The smallest absolute Gasteiger partial charge is 0.152 e. The van der Waals surface area contributed by atoms with Crippen LogP contribution in [0.5, 0.6) is 0 Å². The molecule has 0 aromatic heterocycles. The van der Waals surface area contributed by atoms with E-state index in [2.05, 4.69) is 0 Å². The highest BCUT2D eigenvalue weighted by Crippen LogP contribution is 2.53. The third kappa shape index (κ3) is 2.58. The largest absolute Gasteiger partial charge is 0.549 e. The first-order valence-electron chi connectivity index (χ1n) is 7.79. The molecule has 1 fully saturated rings. The third-order valence-electron chi connectivity index (χ3n) is 4.74. The van der Waals surface area contributed by atoms with Gasteiger partial charge in [-0.2, -0.15) is 0 Å². The number of benzene rings is 2. The molecule has 3 nitrogen and oxygen atoms in total. The quantitative estimate of drug-likeness (QED) is 0.621. The number of alkyl halides is 1. The monoisotopic (exact) mass is 360 g/mol. The van der Waals surface area contributed by atoms with Crippen LogP contribution >= 0.6 is 23.4 Å². The molecule has 3 unspecified atom stereocenters. The Bertz CT molecular complexity index is 781. The molecule has 1 saturated heterocycles. The van der Waals surface area contributed by atoms with Gasteiger partial charge in [-0.3, -0.25) is 0 Å². The topological polar surface area (TPSA) is 43.4 Å². The lowest BCUT2D eigenvalue weighted by molar-refractivity contribution is -0.305. The van der Waals surface area contributed by atoms with Crippen LogP contribution in [-0.4, -0.2) is 16.1 Å². The van der Waals surface area contributed by atoms with Crippen molar-refractivity contribution in [2.45, 2.75) is 36.4 Å². The Hall–Kier alpha value is -1.65. The van der Waals surface area contributed by atoms with Gasteiger partial charge in [-0.15, -0.1) is 11.8 Å². The average molecular weight is 361 g/mol. The molecule has 126 valence electrons. The molecular formula is C19H19ClNO2S-. The van der Waals surface area contributed by atoms with Crippen LogP contribution in [0, 0.1) is 13.8 Å². The van der Waals surface area contributed by atoms with Crippen molar-refractivity contribution in [3.05, 3.63) is 65.2 Å². The number of carbonyl (C=O) groups is 1. The molecule has 0 spiro atoms. The van der Waals surface area contributed by atoms with Crippen molar-refractivity contribution in [2.75, 3.05) is 4.90 Å². The highest BCUT2D eigenvalue weighted by Gasteiger charge is 2.53. The molecule has 3 atom stereocenters. The SMILES string of the molecule is Cc1ccccc1N1C(Cl)SC(C(=O)[O-])C1(C)c1ccccc1C. The molecule has 0 aliphatic carbocycles. The van der Waals surface area contributed by atoms with Gasteiger partial charge in [-0.1, -0.05) is 54.1 Å². The predicted molar refractivity (Wildman–Crippen MR) is 98.2 cm³/mol. The van der Waals surface area contributed by atoms with E-state index in [1.165, 1.54) is 11.8 Å². The molecule has 5 heteroatoms. The van der Waals surface area contributed by atoms with E-state index < -0.39 is 21.6 Å². The molecule has 24 heavy (non-hydrogen) atoms. The summed E-state index contributed by atoms with van der Waals surface area (Å²) in [5, 5.41) is 11.1. The van der Waals surface area contributed by atoms with E-state index in [1.54, 1.807) is 0 Å². The molecule has 1 aliphatic heterocycles. The minimum absolute atomic E-state index is 0.487. The van der Waals surface area contributed by atoms with Crippen LogP contribution in [0.2, 0.25) is 0 Å². The molecule has 1 heterocycles. The molecule has 0 radical (unpaired) electrons. The van der Waals surface area contributed by atoms with Crippen molar-refractivity contribution < 1.29 is 9.90 Å². The molecule has 1 aliphatic rings. The van der Waals surface area contributed by atoms with Crippen molar-refractivity contribution in [1.29, 1.82) is 0 Å². The maximum Gasteiger partial charge on any atom is 0.152 e. The fourth-order valence-electron chi connectivity index (χ4n) is 3.53. The average Bonchev–Trinajstić information content (AvgIpc) is 2.81. The number of para-hydroxylation sites is 1. The van der Waals surface area contributed by atoms with E-state index in [0.29, 0.717) is 0 Å². The standard InChI is InChI=1S/C19H20ClNO2S/c1-12-8-4-6-10-14(12)19(3)16(17(22)23)24-18(20)21(19)15-11-7-5-9-13(15)2/h4-11,16,18H,1-3H3,(H,22,23)/p-1. The zero-order valence-corrected chi connectivity index (χ0v) is 15.4. The first kappa shape index (κ1) is 17.2. The first-order chi connectivity index (χ1) is 11.4. The number of carbonyl (C=O) groups excluding carboxylic acids is 1. The second-order valence-electron chi connectivity index (χ2n) is 6.25. The van der Waals surface area contributed by atoms with Crippen LogP contribution in [0.4, 0.5) is 5.69 Å². The summed E-state index contributed by atoms with van der Waals surface area (Å²) in [6.45, 7) is 5.95. The number of nitrogens with zero attached hydrogens (tertiary/aromatic N) is 1. The number of aliphatic carboxylic acids is 1. The number of hydrogen-bond donors (Lipinski definition) is 0. The Labute approximate surface area is 151 Å². The van der Waals surface area contributed by atoms with Gasteiger partial charge in [0.05, 0.1) is 16.8 Å². The van der Waals surface area contributed by atoms with Gasteiger partial charge in [0.25, 0.3) is 0 Å². The van der Waals surface area contributed by atoms with Crippen molar-refractivity contribution >= 4 is 35.0 Å². The fraction of sp³-hybridized carbons (Fsp3) is 0.316. The lowest BCUT2D eigenvalue weighted by Gasteiger charge is -2.42. The van der Waals surface area contributed by atoms with Gasteiger partial charge in [0.2, 0.25) is 0 Å². The summed E-state index contributed by atoms with van der Waals surface area (Å²) in [6, 6.07) is 15.8. The molecular weight excluding hydrogens is 342 g/mol. The second-order valence-corrected chi connectivity index (χ2v) is 8.11. The number of anilines is 1. The maximum absolute atomic E-state index is 11.9. The third-order valence-corrected chi connectivity index (χ3v) is 6.60. The van der Waals surface area contributed by atoms with Gasteiger partial charge in [0.1, 0.15) is 0 Å². The molecule has 0 bridgehead atoms. The highest BCUT2D eigenvalue weighted by atomic mass is 35.5. The number of rotatable bonds is 3. The zero-order chi connectivity index (χ0) is 17.5. The zero-order valence-electron chi connectivity index (χ0n) is 13.8. The Morgan fingerprint density at radius 1 is 1.12 bits per heavy atom. The summed E-state index contributed by atoms with van der Waals surface area (Å²) >= 11 is 7.83. The minimum atomic E-state index is -1.09. The van der Waals surface area contributed by atoms with Crippen molar-refractivity contribution in [1.82, 2.24) is 0 Å². The van der Waals surface area contributed by atoms with Crippen LogP contribution in [0.1, 0.15) is 23.6 Å². The normalized spacial score (nSPS) is 26.6. The van der Waals surface area contributed by atoms with E-state index in [-0.39, 0.29) is 0 Å². The van der Waals surface area contributed by atoms with Gasteiger partial charge in [-0.05, 0) is 43.5 Å². The number of carboxylic acid groups (broad SMARTS) is 1. The van der Waals surface area contributed by atoms with Crippen LogP contribution in [0.15, 0.2) is 48.5 Å². The number of thioether (sulfide) groups is 1. The van der Waals surface area contributed by atoms with Crippen LogP contribution < -0.4 is 10.0 Å². The lowest BCUT2D eigenvalue weighted by Crippen LogP contribution is -2.52. The molecule has 0 saturated carbocycles. The molecule has 3 rings (SSSR count). The summed E-state index contributed by atoms with van der Waals surface area (Å²) in [7, 11) is 0. The number of halogens is 1. The van der Waals surface area contributed by atoms with E-state index in [9.17, 15) is 9.90 Å². The summed E-state index contributed by atoms with van der Waals surface area (Å²) in [4.78, 5) is 13.4. The summed E-state index contributed by atoms with van der Waals surface area (Å²) in [5.41, 5.74) is 3.20. The Morgan fingerprint density at radius 2 is 1.71 bits per heavy atom. The number of carboxylic acids is 1. The van der Waals surface area contributed by atoms with Gasteiger partial charge in [0.15, 0.2) is 4.83 Å². The Balaban J connectivity index is 2.25. The van der Waals surface area contributed by atoms with Crippen molar-refractivity contribution in [3.63, 3.8) is 0 Å². The van der Waals surface area contributed by atoms with Gasteiger partial charge >= 0.3 is 0 Å². The summed E-state index contributed by atoms with van der Waals surface area (Å²) in [5.74, 6) is -1.09. The number of aryl methyl sites for hydroxylation is 2. The van der Waals surface area contributed by atoms with Gasteiger partial charge < -0.3 is 14.8 Å². The van der Waals surface area contributed by atoms with Crippen molar-refractivity contribution in [3.8, 4) is 0 Å². The highest BCUT2D eigenvalue weighted by molar-refractivity contribution is 8.02. The molecule has 2 aromatic carbocycles. The fourth-order valence-corrected chi connectivity index (χ4v) is 5.44. The molecule has 2 aromatic rings. The second kappa shape index (κ2) is 6.34. The Kier molecular flexibility index (Phi) is 4.54. The molecule has 0 N–H and O–H groups in total. The maximum atomic E-state index is 11.9. The molecule has 0 amide bonds. The van der Waals surface area contributed by atoms with Crippen LogP contribution in [0.3, 0.4) is 0 Å².